The normalized spacial score (nSPS) is 16.9. The van der Waals surface area contributed by atoms with Gasteiger partial charge in [-0.25, -0.2) is 9.59 Å². The van der Waals surface area contributed by atoms with E-state index in [0.29, 0.717) is 0 Å². The standard InChI is InChI=1S/C15H14N2O8S/c1-7(11-13(19)12(8(2)18)15(21)25-14(11)20)16-9-4-3-5-10(6-9)17-26(22,23)24/h3-6,16-17,19H,1-2H3,(H,22,23,24). The van der Waals surface area contributed by atoms with E-state index in [0.717, 1.165) is 6.92 Å². The van der Waals surface area contributed by atoms with E-state index in [9.17, 15) is 27.9 Å². The van der Waals surface area contributed by atoms with E-state index in [-0.39, 0.29) is 17.1 Å². The molecule has 0 fully saturated rings. The summed E-state index contributed by atoms with van der Waals surface area (Å²) < 4.78 is 36.8. The quantitative estimate of drug-likeness (QED) is 0.192. The molecule has 0 unspecified atom stereocenters. The molecule has 1 heterocycles. The summed E-state index contributed by atoms with van der Waals surface area (Å²) in [4.78, 5) is 34.9. The molecule has 0 aliphatic carbocycles. The number of cyclic esters (lactones) is 2. The molecule has 0 amide bonds. The van der Waals surface area contributed by atoms with Crippen LogP contribution >= 0.6 is 0 Å². The van der Waals surface area contributed by atoms with Crippen LogP contribution in [0.15, 0.2) is 46.9 Å². The zero-order chi connectivity index (χ0) is 19.6. The third kappa shape index (κ3) is 4.26. The van der Waals surface area contributed by atoms with Crippen LogP contribution in [0, 0.1) is 0 Å². The molecule has 1 aliphatic rings. The molecule has 0 saturated carbocycles. The number of ketones is 1. The molecular formula is C15H14N2O8S. The maximum Gasteiger partial charge on any atom is 0.357 e. The number of hydrogen-bond acceptors (Lipinski definition) is 8. The highest BCUT2D eigenvalue weighted by atomic mass is 32.2. The van der Waals surface area contributed by atoms with Crippen molar-refractivity contribution >= 4 is 39.4 Å². The number of ether oxygens (including phenoxy) is 1. The minimum atomic E-state index is -4.47. The summed E-state index contributed by atoms with van der Waals surface area (Å²) in [6, 6.07) is 5.61. The highest BCUT2D eigenvalue weighted by Crippen LogP contribution is 2.26. The van der Waals surface area contributed by atoms with Crippen molar-refractivity contribution in [3.8, 4) is 0 Å². The Balaban J connectivity index is 2.43. The van der Waals surface area contributed by atoms with Gasteiger partial charge in [0.15, 0.2) is 5.78 Å². The number of carbonyl (C=O) groups excluding carboxylic acids is 3. The van der Waals surface area contributed by atoms with E-state index < -0.39 is 44.9 Å². The number of rotatable bonds is 5. The van der Waals surface area contributed by atoms with Crippen molar-refractivity contribution in [2.24, 2.45) is 0 Å². The second-order valence-corrected chi connectivity index (χ2v) is 6.39. The van der Waals surface area contributed by atoms with E-state index in [1.54, 1.807) is 0 Å². The summed E-state index contributed by atoms with van der Waals surface area (Å²) in [5.41, 5.74) is -0.709. The predicted octanol–water partition coefficient (Wildman–Crippen LogP) is 1.07. The van der Waals surface area contributed by atoms with Crippen LogP contribution in [0.25, 0.3) is 0 Å². The Morgan fingerprint density at radius 1 is 1.12 bits per heavy atom. The van der Waals surface area contributed by atoms with Gasteiger partial charge in [-0.05, 0) is 32.0 Å². The molecule has 138 valence electrons. The molecule has 0 saturated heterocycles. The summed E-state index contributed by atoms with van der Waals surface area (Å²) in [5.74, 6) is -3.97. The SMILES string of the molecule is CC(=O)C1=C(O)C(=C(C)Nc2cccc(NS(=O)(=O)O)c2)C(=O)OC1=O. The molecule has 0 aromatic heterocycles. The number of benzene rings is 1. The highest BCUT2D eigenvalue weighted by Gasteiger charge is 2.36. The van der Waals surface area contributed by atoms with Crippen molar-refractivity contribution in [2.45, 2.75) is 13.8 Å². The zero-order valence-electron chi connectivity index (χ0n) is 13.6. The first-order valence-corrected chi connectivity index (χ1v) is 8.48. The van der Waals surface area contributed by atoms with Crippen LogP contribution in [0.1, 0.15) is 13.8 Å². The molecule has 11 heteroatoms. The monoisotopic (exact) mass is 382 g/mol. The Bertz CT molecular complexity index is 975. The maximum absolute atomic E-state index is 11.9. The minimum Gasteiger partial charge on any atom is -0.506 e. The number of esters is 2. The number of aliphatic hydroxyl groups excluding tert-OH is 1. The van der Waals surface area contributed by atoms with Gasteiger partial charge in [-0.2, -0.15) is 8.42 Å². The number of aliphatic hydroxyl groups is 1. The third-order valence-electron chi connectivity index (χ3n) is 3.24. The van der Waals surface area contributed by atoms with Crippen molar-refractivity contribution in [1.82, 2.24) is 0 Å². The number of nitrogens with one attached hydrogen (secondary N) is 2. The summed E-state index contributed by atoms with van der Waals surface area (Å²) >= 11 is 0. The lowest BCUT2D eigenvalue weighted by Gasteiger charge is -2.18. The van der Waals surface area contributed by atoms with E-state index >= 15 is 0 Å². The fourth-order valence-electron chi connectivity index (χ4n) is 2.23. The van der Waals surface area contributed by atoms with E-state index in [1.807, 2.05) is 4.72 Å². The highest BCUT2D eigenvalue weighted by molar-refractivity contribution is 7.87. The minimum absolute atomic E-state index is 0.0286. The lowest BCUT2D eigenvalue weighted by atomic mass is 10.0. The van der Waals surface area contributed by atoms with Crippen molar-refractivity contribution in [1.29, 1.82) is 0 Å². The Kier molecular flexibility index (Phi) is 5.14. The van der Waals surface area contributed by atoms with E-state index in [2.05, 4.69) is 10.1 Å². The number of anilines is 2. The molecule has 0 atom stereocenters. The lowest BCUT2D eigenvalue weighted by Crippen LogP contribution is -2.29. The Hall–Kier alpha value is -3.18. The molecule has 26 heavy (non-hydrogen) atoms. The van der Waals surface area contributed by atoms with Crippen LogP contribution in [0.5, 0.6) is 0 Å². The predicted molar refractivity (Wildman–Crippen MR) is 89.4 cm³/mol. The molecular weight excluding hydrogens is 368 g/mol. The van der Waals surface area contributed by atoms with Gasteiger partial charge in [-0.3, -0.25) is 14.1 Å². The summed E-state index contributed by atoms with van der Waals surface area (Å²) in [5, 5.41) is 12.8. The first-order chi connectivity index (χ1) is 12.0. The zero-order valence-corrected chi connectivity index (χ0v) is 14.4. The van der Waals surface area contributed by atoms with Gasteiger partial charge in [0.25, 0.3) is 0 Å². The molecule has 0 spiro atoms. The van der Waals surface area contributed by atoms with Crippen molar-refractivity contribution in [2.75, 3.05) is 10.0 Å². The number of hydrogen-bond donors (Lipinski definition) is 4. The van der Waals surface area contributed by atoms with Gasteiger partial charge in [0.1, 0.15) is 16.9 Å². The Morgan fingerprint density at radius 2 is 1.73 bits per heavy atom. The van der Waals surface area contributed by atoms with Crippen LogP contribution in [-0.2, 0) is 29.4 Å². The Morgan fingerprint density at radius 3 is 2.31 bits per heavy atom. The Labute approximate surface area is 148 Å². The fraction of sp³-hybridized carbons (Fsp3) is 0.133. The van der Waals surface area contributed by atoms with Crippen LogP contribution in [0.3, 0.4) is 0 Å². The topological polar surface area (TPSA) is 159 Å². The summed E-state index contributed by atoms with van der Waals surface area (Å²) in [7, 11) is -4.47. The summed E-state index contributed by atoms with van der Waals surface area (Å²) in [6.45, 7) is 2.41. The molecule has 2 rings (SSSR count). The first-order valence-electron chi connectivity index (χ1n) is 7.04. The van der Waals surface area contributed by atoms with Gasteiger partial charge in [0, 0.05) is 11.4 Å². The molecule has 1 aromatic rings. The van der Waals surface area contributed by atoms with Crippen molar-refractivity contribution in [3.63, 3.8) is 0 Å². The molecule has 4 N–H and O–H groups in total. The maximum atomic E-state index is 11.9. The second kappa shape index (κ2) is 6.98. The molecule has 0 radical (unpaired) electrons. The number of Topliss-reactive ketones (excluding diaryl/α,β-unsaturated/α-hetero) is 1. The van der Waals surface area contributed by atoms with Crippen molar-refractivity contribution < 1.29 is 37.2 Å². The molecule has 0 bridgehead atoms. The van der Waals surface area contributed by atoms with Gasteiger partial charge >= 0.3 is 22.2 Å². The number of carbonyl (C=O) groups is 3. The molecule has 10 nitrogen and oxygen atoms in total. The van der Waals surface area contributed by atoms with Crippen molar-refractivity contribution in [3.05, 3.63) is 46.9 Å². The fourth-order valence-corrected chi connectivity index (χ4v) is 2.66. The third-order valence-corrected chi connectivity index (χ3v) is 3.73. The number of allylic oxidation sites excluding steroid dienone is 1. The summed E-state index contributed by atoms with van der Waals surface area (Å²) in [6.07, 6.45) is 0. The van der Waals surface area contributed by atoms with Crippen LogP contribution in [0.4, 0.5) is 11.4 Å². The molecule has 1 aliphatic heterocycles. The smallest absolute Gasteiger partial charge is 0.357 e. The van der Waals surface area contributed by atoms with E-state index in [1.165, 1.54) is 31.2 Å². The van der Waals surface area contributed by atoms with E-state index in [4.69, 9.17) is 4.55 Å². The van der Waals surface area contributed by atoms with Gasteiger partial charge < -0.3 is 15.2 Å². The van der Waals surface area contributed by atoms with Crippen LogP contribution < -0.4 is 10.0 Å². The lowest BCUT2D eigenvalue weighted by molar-refractivity contribution is -0.155. The first kappa shape index (κ1) is 19.1. The molecule has 1 aromatic carbocycles. The largest absolute Gasteiger partial charge is 0.506 e. The second-order valence-electron chi connectivity index (χ2n) is 5.24. The van der Waals surface area contributed by atoms with Gasteiger partial charge in [-0.1, -0.05) is 6.07 Å². The van der Waals surface area contributed by atoms with Crippen LogP contribution in [-0.4, -0.2) is 35.8 Å². The van der Waals surface area contributed by atoms with Gasteiger partial charge in [0.05, 0.1) is 5.69 Å². The average Bonchev–Trinajstić information content (AvgIpc) is 2.44. The van der Waals surface area contributed by atoms with Crippen LogP contribution in [0.2, 0.25) is 0 Å². The van der Waals surface area contributed by atoms with Gasteiger partial charge in [-0.15, -0.1) is 0 Å². The van der Waals surface area contributed by atoms with Gasteiger partial charge in [0.2, 0.25) is 0 Å². The average molecular weight is 382 g/mol.